The Labute approximate surface area is 171 Å². The van der Waals surface area contributed by atoms with Crippen LogP contribution < -0.4 is 5.32 Å². The van der Waals surface area contributed by atoms with E-state index in [0.717, 1.165) is 8.95 Å². The molecular weight excluding hydrogens is 484 g/mol. The lowest BCUT2D eigenvalue weighted by atomic mass is 10.3. The third-order valence-electron chi connectivity index (χ3n) is 3.30. The van der Waals surface area contributed by atoms with Gasteiger partial charge in [-0.25, -0.2) is 0 Å². The first kappa shape index (κ1) is 18.9. The second-order valence-electron chi connectivity index (χ2n) is 5.14. The van der Waals surface area contributed by atoms with E-state index in [1.165, 1.54) is 11.8 Å². The second kappa shape index (κ2) is 8.70. The number of amides is 1. The Morgan fingerprint density at radius 2 is 2.19 bits per heavy atom. The topological polar surface area (TPSA) is 73.0 Å². The average Bonchev–Trinajstić information content (AvgIpc) is 3.26. The van der Waals surface area contributed by atoms with Gasteiger partial charge in [0, 0.05) is 15.5 Å². The molecule has 0 saturated heterocycles. The van der Waals surface area contributed by atoms with Crippen LogP contribution in [0.2, 0.25) is 0 Å². The van der Waals surface area contributed by atoms with Crippen molar-refractivity contribution in [1.29, 1.82) is 0 Å². The zero-order chi connectivity index (χ0) is 18.5. The van der Waals surface area contributed by atoms with Crippen molar-refractivity contribution in [2.45, 2.75) is 11.7 Å². The number of carbonyl (C=O) groups excluding carboxylic acids is 1. The molecule has 1 amide bonds. The first-order chi connectivity index (χ1) is 12.6. The minimum Gasteiger partial charge on any atom is -0.461 e. The number of benzene rings is 1. The molecule has 0 aliphatic rings. The van der Waals surface area contributed by atoms with E-state index in [9.17, 15) is 4.79 Å². The molecule has 0 atom stereocenters. The second-order valence-corrected chi connectivity index (χ2v) is 7.86. The lowest BCUT2D eigenvalue weighted by Crippen LogP contribution is -2.15. The number of allylic oxidation sites excluding steroid dienone is 1. The Kier molecular flexibility index (Phi) is 6.33. The van der Waals surface area contributed by atoms with Crippen LogP contribution in [0.4, 0.5) is 5.69 Å². The van der Waals surface area contributed by atoms with E-state index < -0.39 is 0 Å². The van der Waals surface area contributed by atoms with Crippen molar-refractivity contribution in [3.8, 4) is 11.6 Å². The standard InChI is InChI=1S/C17H14Br2N4O2S/c1-2-7-23-16(14-4-3-8-25-14)21-22-17(23)26-10-15(24)20-13-9-11(18)5-6-12(13)19/h2-6,8-9H,1,7,10H2,(H,20,24). The molecule has 0 unspecified atom stereocenters. The van der Waals surface area contributed by atoms with Gasteiger partial charge in [-0.1, -0.05) is 33.8 Å². The van der Waals surface area contributed by atoms with E-state index in [4.69, 9.17) is 4.42 Å². The molecule has 0 bridgehead atoms. The highest BCUT2D eigenvalue weighted by Crippen LogP contribution is 2.27. The molecule has 0 spiro atoms. The summed E-state index contributed by atoms with van der Waals surface area (Å²) in [7, 11) is 0. The third-order valence-corrected chi connectivity index (χ3v) is 5.46. The Bertz CT molecular complexity index is 925. The van der Waals surface area contributed by atoms with Crippen molar-refractivity contribution in [1.82, 2.24) is 14.8 Å². The Balaban J connectivity index is 1.70. The largest absolute Gasteiger partial charge is 0.461 e. The van der Waals surface area contributed by atoms with Crippen LogP contribution in [0.3, 0.4) is 0 Å². The normalized spacial score (nSPS) is 10.7. The summed E-state index contributed by atoms with van der Waals surface area (Å²) in [5.74, 6) is 1.29. The molecule has 1 N–H and O–H groups in total. The maximum Gasteiger partial charge on any atom is 0.234 e. The number of rotatable bonds is 7. The number of thioether (sulfide) groups is 1. The number of anilines is 1. The fraction of sp³-hybridized carbons (Fsp3) is 0.118. The van der Waals surface area contributed by atoms with Gasteiger partial charge in [0.25, 0.3) is 0 Å². The van der Waals surface area contributed by atoms with Crippen molar-refractivity contribution in [2.75, 3.05) is 11.1 Å². The maximum atomic E-state index is 12.3. The molecule has 1 aromatic carbocycles. The zero-order valence-corrected chi connectivity index (χ0v) is 17.5. The lowest BCUT2D eigenvalue weighted by molar-refractivity contribution is -0.113. The van der Waals surface area contributed by atoms with Crippen LogP contribution in [0, 0.1) is 0 Å². The van der Waals surface area contributed by atoms with Gasteiger partial charge in [-0.2, -0.15) is 0 Å². The van der Waals surface area contributed by atoms with Crippen molar-refractivity contribution in [2.24, 2.45) is 0 Å². The van der Waals surface area contributed by atoms with Gasteiger partial charge in [-0.3, -0.25) is 9.36 Å². The summed E-state index contributed by atoms with van der Waals surface area (Å²) in [6, 6.07) is 9.20. The van der Waals surface area contributed by atoms with Gasteiger partial charge in [-0.05, 0) is 46.3 Å². The van der Waals surface area contributed by atoms with Crippen molar-refractivity contribution in [3.63, 3.8) is 0 Å². The average molecular weight is 498 g/mol. The zero-order valence-electron chi connectivity index (χ0n) is 13.5. The minimum atomic E-state index is -0.137. The molecule has 2 aromatic heterocycles. The maximum absolute atomic E-state index is 12.3. The Hall–Kier alpha value is -1.84. The molecule has 0 fully saturated rings. The summed E-state index contributed by atoms with van der Waals surface area (Å²) in [4.78, 5) is 12.3. The third kappa shape index (κ3) is 4.46. The summed E-state index contributed by atoms with van der Waals surface area (Å²) < 4.78 is 8.95. The molecule has 9 heteroatoms. The first-order valence-electron chi connectivity index (χ1n) is 7.54. The predicted molar refractivity (Wildman–Crippen MR) is 109 cm³/mol. The van der Waals surface area contributed by atoms with Gasteiger partial charge in [0.1, 0.15) is 0 Å². The molecule has 0 aliphatic heterocycles. The summed E-state index contributed by atoms with van der Waals surface area (Å²) in [5, 5.41) is 11.8. The molecule has 0 radical (unpaired) electrons. The summed E-state index contributed by atoms with van der Waals surface area (Å²) in [5.41, 5.74) is 0.703. The number of nitrogens with one attached hydrogen (secondary N) is 1. The van der Waals surface area contributed by atoms with Crippen LogP contribution in [-0.2, 0) is 11.3 Å². The van der Waals surface area contributed by atoms with Crippen molar-refractivity contribution in [3.05, 3.63) is 58.2 Å². The fourth-order valence-electron chi connectivity index (χ4n) is 2.19. The highest BCUT2D eigenvalue weighted by molar-refractivity contribution is 9.11. The molecule has 0 aliphatic carbocycles. The van der Waals surface area contributed by atoms with Gasteiger partial charge < -0.3 is 9.73 Å². The molecule has 2 heterocycles. The monoisotopic (exact) mass is 496 g/mol. The Morgan fingerprint density at radius 1 is 1.35 bits per heavy atom. The van der Waals surface area contributed by atoms with Crippen LogP contribution in [0.1, 0.15) is 0 Å². The number of hydrogen-bond acceptors (Lipinski definition) is 5. The number of halogens is 2. The smallest absolute Gasteiger partial charge is 0.234 e. The molecule has 3 aromatic rings. The van der Waals surface area contributed by atoms with Crippen molar-refractivity contribution < 1.29 is 9.21 Å². The highest BCUT2D eigenvalue weighted by Gasteiger charge is 2.17. The van der Waals surface area contributed by atoms with Crippen LogP contribution in [-0.4, -0.2) is 26.4 Å². The van der Waals surface area contributed by atoms with Gasteiger partial charge in [-0.15, -0.1) is 16.8 Å². The molecule has 134 valence electrons. The van der Waals surface area contributed by atoms with Crippen LogP contribution in [0.5, 0.6) is 0 Å². The fourth-order valence-corrected chi connectivity index (χ4v) is 3.64. The quantitative estimate of drug-likeness (QED) is 0.368. The van der Waals surface area contributed by atoms with Crippen LogP contribution >= 0.6 is 43.6 Å². The van der Waals surface area contributed by atoms with Gasteiger partial charge in [0.15, 0.2) is 10.9 Å². The van der Waals surface area contributed by atoms with E-state index in [-0.39, 0.29) is 11.7 Å². The van der Waals surface area contributed by atoms with Gasteiger partial charge in [0.05, 0.1) is 17.7 Å². The molecule has 6 nitrogen and oxygen atoms in total. The number of furan rings is 1. The van der Waals surface area contributed by atoms with E-state index in [1.54, 1.807) is 18.4 Å². The molecular formula is C17H14Br2N4O2S. The summed E-state index contributed by atoms with van der Waals surface area (Å²) in [6.07, 6.45) is 3.33. The van der Waals surface area contributed by atoms with Crippen LogP contribution in [0.25, 0.3) is 11.6 Å². The minimum absolute atomic E-state index is 0.137. The molecule has 0 saturated carbocycles. The van der Waals surface area contributed by atoms with E-state index in [0.29, 0.717) is 29.0 Å². The van der Waals surface area contributed by atoms with E-state index in [2.05, 4.69) is 54.0 Å². The number of aromatic nitrogens is 3. The Morgan fingerprint density at radius 3 is 2.92 bits per heavy atom. The number of nitrogens with zero attached hydrogens (tertiary/aromatic N) is 3. The van der Waals surface area contributed by atoms with Crippen molar-refractivity contribution >= 4 is 55.2 Å². The molecule has 26 heavy (non-hydrogen) atoms. The SMILES string of the molecule is C=CCn1c(SCC(=O)Nc2cc(Br)ccc2Br)nnc1-c1ccco1. The summed E-state index contributed by atoms with van der Waals surface area (Å²) in [6.45, 7) is 4.28. The highest BCUT2D eigenvalue weighted by atomic mass is 79.9. The van der Waals surface area contributed by atoms with E-state index >= 15 is 0 Å². The van der Waals surface area contributed by atoms with Gasteiger partial charge in [0.2, 0.25) is 11.7 Å². The predicted octanol–water partition coefficient (Wildman–Crippen LogP) is 4.98. The lowest BCUT2D eigenvalue weighted by Gasteiger charge is -2.08. The van der Waals surface area contributed by atoms with Crippen LogP contribution in [0.15, 0.2) is 67.8 Å². The summed E-state index contributed by atoms with van der Waals surface area (Å²) >= 11 is 8.12. The molecule has 3 rings (SSSR count). The van der Waals surface area contributed by atoms with Gasteiger partial charge >= 0.3 is 0 Å². The number of carbonyl (C=O) groups is 1. The number of hydrogen-bond donors (Lipinski definition) is 1. The first-order valence-corrected chi connectivity index (χ1v) is 10.1. The van der Waals surface area contributed by atoms with E-state index in [1.807, 2.05) is 28.8 Å².